The van der Waals surface area contributed by atoms with Gasteiger partial charge in [-0.2, -0.15) is 5.26 Å². The normalized spacial score (nSPS) is 15.4. The summed E-state index contributed by atoms with van der Waals surface area (Å²) in [7, 11) is 0. The van der Waals surface area contributed by atoms with E-state index in [9.17, 15) is 23.6 Å². The molecule has 2 heterocycles. The first-order valence-electron chi connectivity index (χ1n) is 11.8. The molecule has 0 atom stereocenters. The lowest BCUT2D eigenvalue weighted by atomic mass is 10.1. The Hall–Kier alpha value is -3.74. The lowest BCUT2D eigenvalue weighted by Crippen LogP contribution is -2.32. The fraction of sp³-hybridized carbons (Fsp3) is 0.462. The molecular formula is C26H31F2N5O3. The zero-order valence-electron chi connectivity index (χ0n) is 21.0. The van der Waals surface area contributed by atoms with E-state index >= 15 is 0 Å². The maximum absolute atomic E-state index is 13.9. The molecule has 2 aromatic rings. The van der Waals surface area contributed by atoms with Gasteiger partial charge in [0.1, 0.15) is 23.2 Å². The highest BCUT2D eigenvalue weighted by Crippen LogP contribution is 2.32. The molecule has 0 bridgehead atoms. The summed E-state index contributed by atoms with van der Waals surface area (Å²) in [6, 6.07) is 10.4. The first kappa shape index (κ1) is 26.9. The number of hydrogen-bond acceptors (Lipinski definition) is 6. The number of rotatable bonds is 5. The molecule has 1 saturated heterocycles. The molecule has 8 nitrogen and oxygen atoms in total. The highest BCUT2D eigenvalue weighted by molar-refractivity contribution is 6.08. The fourth-order valence-corrected chi connectivity index (χ4v) is 3.94. The van der Waals surface area contributed by atoms with Crippen LogP contribution in [0.3, 0.4) is 0 Å². The smallest absolute Gasteiger partial charge is 0.407 e. The van der Waals surface area contributed by atoms with Gasteiger partial charge in [0.15, 0.2) is 0 Å². The van der Waals surface area contributed by atoms with E-state index in [0.29, 0.717) is 17.8 Å². The average molecular weight is 500 g/mol. The van der Waals surface area contributed by atoms with Gasteiger partial charge in [-0.3, -0.25) is 4.79 Å². The Bertz CT molecular complexity index is 1170. The highest BCUT2D eigenvalue weighted by atomic mass is 19.3. The van der Waals surface area contributed by atoms with E-state index in [2.05, 4.69) is 15.6 Å². The summed E-state index contributed by atoms with van der Waals surface area (Å²) in [6.45, 7) is 7.54. The zero-order valence-corrected chi connectivity index (χ0v) is 21.0. The maximum Gasteiger partial charge on any atom is 0.407 e. The van der Waals surface area contributed by atoms with Gasteiger partial charge in [0.05, 0.1) is 5.56 Å². The summed E-state index contributed by atoms with van der Waals surface area (Å²) in [5, 5.41) is 14.9. The molecule has 1 aromatic carbocycles. The van der Waals surface area contributed by atoms with Gasteiger partial charge in [-0.15, -0.1) is 0 Å². The van der Waals surface area contributed by atoms with E-state index in [1.54, 1.807) is 56.9 Å². The number of aromatic nitrogens is 1. The van der Waals surface area contributed by atoms with E-state index in [4.69, 9.17) is 4.74 Å². The van der Waals surface area contributed by atoms with E-state index < -0.39 is 23.5 Å². The number of ether oxygens (including phenoxy) is 1. The number of anilines is 2. The Balaban J connectivity index is 1.80. The first-order chi connectivity index (χ1) is 16.9. The Morgan fingerprint density at radius 3 is 2.67 bits per heavy atom. The van der Waals surface area contributed by atoms with Crippen LogP contribution in [0.2, 0.25) is 0 Å². The van der Waals surface area contributed by atoms with E-state index in [1.807, 2.05) is 6.07 Å². The van der Waals surface area contributed by atoms with Crippen LogP contribution in [0.1, 0.15) is 67.2 Å². The number of carbonyl (C=O) groups excluding carboxylic acids is 2. The molecule has 2 N–H and O–H groups in total. The topological polar surface area (TPSA) is 107 Å². The van der Waals surface area contributed by atoms with Crippen molar-refractivity contribution in [2.24, 2.45) is 0 Å². The SMILES string of the molecule is Cc1cc(C#N)nc(N2CCCC(F)(F)CC2)c1C(=O)Nc1cccc(CNC(=O)OC(C)(C)C)c1. The number of alkyl carbamates (subject to hydrolysis) is 1. The number of hydrogen-bond donors (Lipinski definition) is 2. The zero-order chi connectivity index (χ0) is 26.5. The molecule has 10 heteroatoms. The van der Waals surface area contributed by atoms with E-state index in [-0.39, 0.29) is 49.4 Å². The molecule has 0 saturated carbocycles. The third-order valence-electron chi connectivity index (χ3n) is 5.58. The number of halogens is 2. The number of pyridine rings is 1. The van der Waals surface area contributed by atoms with E-state index in [1.165, 1.54) is 6.07 Å². The van der Waals surface area contributed by atoms with Crippen LogP contribution in [-0.4, -0.2) is 41.6 Å². The van der Waals surface area contributed by atoms with E-state index in [0.717, 1.165) is 5.56 Å². The van der Waals surface area contributed by atoms with Crippen molar-refractivity contribution in [3.8, 4) is 6.07 Å². The Kier molecular flexibility index (Phi) is 8.13. The quantitative estimate of drug-likeness (QED) is 0.588. The number of benzene rings is 1. The van der Waals surface area contributed by atoms with Crippen LogP contribution in [0.25, 0.3) is 0 Å². The van der Waals surface area contributed by atoms with Crippen molar-refractivity contribution in [1.29, 1.82) is 5.26 Å². The van der Waals surface area contributed by atoms with Crippen molar-refractivity contribution in [3.05, 3.63) is 52.7 Å². The number of nitrogens with one attached hydrogen (secondary N) is 2. The Morgan fingerprint density at radius 2 is 1.97 bits per heavy atom. The van der Waals surface area contributed by atoms with Crippen LogP contribution in [-0.2, 0) is 11.3 Å². The molecule has 1 fully saturated rings. The van der Waals surface area contributed by atoms with Gasteiger partial charge in [-0.25, -0.2) is 18.6 Å². The second kappa shape index (κ2) is 10.9. The molecule has 0 spiro atoms. The van der Waals surface area contributed by atoms with Gasteiger partial charge in [0, 0.05) is 38.2 Å². The second-order valence-corrected chi connectivity index (χ2v) is 9.84. The predicted octanol–water partition coefficient (Wildman–Crippen LogP) is 5.16. The molecule has 0 aliphatic carbocycles. The second-order valence-electron chi connectivity index (χ2n) is 9.84. The summed E-state index contributed by atoms with van der Waals surface area (Å²) < 4.78 is 33.1. The fourth-order valence-electron chi connectivity index (χ4n) is 3.94. The van der Waals surface area contributed by atoms with Gasteiger partial charge in [0.25, 0.3) is 5.91 Å². The van der Waals surface area contributed by atoms with Crippen molar-refractivity contribution in [2.75, 3.05) is 23.3 Å². The Morgan fingerprint density at radius 1 is 1.22 bits per heavy atom. The molecule has 0 radical (unpaired) electrons. The standard InChI is InChI=1S/C26H31F2N5O3/c1-17-13-20(15-29)31-22(33-11-6-9-26(27,28)10-12-33)21(17)23(34)32-19-8-5-7-18(14-19)16-30-24(35)36-25(2,3)4/h5,7-8,13-14H,6,9-12,16H2,1-4H3,(H,30,35)(H,32,34). The number of alkyl halides is 2. The van der Waals surface area contributed by atoms with Crippen molar-refractivity contribution >= 4 is 23.5 Å². The van der Waals surface area contributed by atoms with Crippen LogP contribution in [0.4, 0.5) is 25.1 Å². The molecule has 36 heavy (non-hydrogen) atoms. The summed E-state index contributed by atoms with van der Waals surface area (Å²) in [6.07, 6.45) is -0.883. The molecule has 2 amide bonds. The van der Waals surface area contributed by atoms with Crippen molar-refractivity contribution in [1.82, 2.24) is 10.3 Å². The van der Waals surface area contributed by atoms with Gasteiger partial charge >= 0.3 is 6.09 Å². The highest BCUT2D eigenvalue weighted by Gasteiger charge is 2.33. The number of amides is 2. The molecule has 1 aliphatic rings. The summed E-state index contributed by atoms with van der Waals surface area (Å²) in [5.41, 5.74) is 1.48. The van der Waals surface area contributed by atoms with Gasteiger partial charge < -0.3 is 20.3 Å². The molecule has 3 rings (SSSR count). The summed E-state index contributed by atoms with van der Waals surface area (Å²) >= 11 is 0. The summed E-state index contributed by atoms with van der Waals surface area (Å²) in [4.78, 5) is 31.3. The van der Waals surface area contributed by atoms with Gasteiger partial charge in [-0.1, -0.05) is 12.1 Å². The molecule has 1 aliphatic heterocycles. The number of nitriles is 1. The third-order valence-corrected chi connectivity index (χ3v) is 5.58. The predicted molar refractivity (Wildman–Crippen MR) is 132 cm³/mol. The largest absolute Gasteiger partial charge is 0.444 e. The monoisotopic (exact) mass is 499 g/mol. The minimum atomic E-state index is -2.77. The lowest BCUT2D eigenvalue weighted by Gasteiger charge is -2.25. The third kappa shape index (κ3) is 7.38. The van der Waals surface area contributed by atoms with Crippen LogP contribution in [0.15, 0.2) is 30.3 Å². The maximum atomic E-state index is 13.9. The first-order valence-corrected chi connectivity index (χ1v) is 11.8. The van der Waals surface area contributed by atoms with Gasteiger partial charge in [0.2, 0.25) is 5.92 Å². The number of aryl methyl sites for hydroxylation is 1. The van der Waals surface area contributed by atoms with Crippen molar-refractivity contribution < 1.29 is 23.1 Å². The van der Waals surface area contributed by atoms with Crippen LogP contribution >= 0.6 is 0 Å². The average Bonchev–Trinajstić information content (AvgIpc) is 2.96. The Labute approximate surface area is 209 Å². The minimum absolute atomic E-state index is 0.0282. The van der Waals surface area contributed by atoms with Crippen LogP contribution in [0, 0.1) is 18.3 Å². The minimum Gasteiger partial charge on any atom is -0.444 e. The van der Waals surface area contributed by atoms with Crippen LogP contribution in [0.5, 0.6) is 0 Å². The number of nitrogens with zero attached hydrogens (tertiary/aromatic N) is 3. The molecular weight excluding hydrogens is 468 g/mol. The summed E-state index contributed by atoms with van der Waals surface area (Å²) in [5.74, 6) is -3.01. The molecule has 1 aromatic heterocycles. The molecule has 192 valence electrons. The lowest BCUT2D eigenvalue weighted by molar-refractivity contribution is -0.0102. The van der Waals surface area contributed by atoms with Crippen molar-refractivity contribution in [3.63, 3.8) is 0 Å². The number of carbonyl (C=O) groups is 2. The molecule has 0 unspecified atom stereocenters. The van der Waals surface area contributed by atoms with Gasteiger partial charge in [-0.05, 0) is 63.4 Å². The van der Waals surface area contributed by atoms with Crippen molar-refractivity contribution in [2.45, 2.75) is 65.0 Å². The van der Waals surface area contributed by atoms with Crippen LogP contribution < -0.4 is 15.5 Å².